The Morgan fingerprint density at radius 1 is 1.55 bits per heavy atom. The fraction of sp³-hybridized carbons (Fsp3) is 0.643. The van der Waals surface area contributed by atoms with Crippen molar-refractivity contribution < 1.29 is 19.7 Å². The molecule has 120 valence electrons. The van der Waals surface area contributed by atoms with Crippen LogP contribution in [0.15, 0.2) is 6.20 Å². The van der Waals surface area contributed by atoms with E-state index in [1.165, 1.54) is 4.90 Å². The summed E-state index contributed by atoms with van der Waals surface area (Å²) >= 11 is 0. The number of aliphatic hydroxyl groups is 1. The van der Waals surface area contributed by atoms with Gasteiger partial charge in [-0.05, 0) is 24.8 Å². The molecule has 3 heterocycles. The normalized spacial score (nSPS) is 24.7. The van der Waals surface area contributed by atoms with Crippen molar-refractivity contribution in [2.75, 3.05) is 25.1 Å². The highest BCUT2D eigenvalue weighted by atomic mass is 16.5. The van der Waals surface area contributed by atoms with E-state index in [1.807, 2.05) is 0 Å². The molecule has 0 spiro atoms. The summed E-state index contributed by atoms with van der Waals surface area (Å²) in [5.74, 6) is 0.509. The van der Waals surface area contributed by atoms with E-state index in [1.54, 1.807) is 6.20 Å². The van der Waals surface area contributed by atoms with E-state index in [-0.39, 0.29) is 18.8 Å². The van der Waals surface area contributed by atoms with Crippen molar-refractivity contribution in [2.24, 2.45) is 0 Å². The molecular formula is C14H20N4O4. The molecule has 1 amide bonds. The van der Waals surface area contributed by atoms with Crippen LogP contribution in [0, 0.1) is 0 Å². The number of rotatable bonds is 3. The number of nitrogens with zero attached hydrogens (tertiary/aromatic N) is 3. The van der Waals surface area contributed by atoms with Gasteiger partial charge in [-0.1, -0.05) is 0 Å². The molecule has 0 bridgehead atoms. The second kappa shape index (κ2) is 6.45. The smallest absolute Gasteiger partial charge is 0.407 e. The molecule has 2 unspecified atom stereocenters. The third-order valence-electron chi connectivity index (χ3n) is 4.12. The summed E-state index contributed by atoms with van der Waals surface area (Å²) in [7, 11) is 0. The number of amides is 1. The number of aromatic nitrogens is 2. The van der Waals surface area contributed by atoms with Crippen LogP contribution in [0.25, 0.3) is 0 Å². The molecule has 1 aromatic rings. The van der Waals surface area contributed by atoms with E-state index in [2.05, 4.69) is 15.3 Å². The van der Waals surface area contributed by atoms with Crippen LogP contribution in [0.4, 0.5) is 10.7 Å². The molecule has 22 heavy (non-hydrogen) atoms. The number of ether oxygens (including phenoxy) is 1. The zero-order chi connectivity index (χ0) is 15.5. The van der Waals surface area contributed by atoms with Gasteiger partial charge >= 0.3 is 6.09 Å². The minimum atomic E-state index is -0.922. The summed E-state index contributed by atoms with van der Waals surface area (Å²) in [4.78, 5) is 21.2. The Bertz CT molecular complexity index is 554. The molecule has 2 aliphatic heterocycles. The monoisotopic (exact) mass is 308 g/mol. The third-order valence-corrected chi connectivity index (χ3v) is 4.12. The van der Waals surface area contributed by atoms with E-state index in [0.717, 1.165) is 17.7 Å². The highest BCUT2D eigenvalue weighted by Crippen LogP contribution is 2.20. The van der Waals surface area contributed by atoms with Crippen molar-refractivity contribution in [2.45, 2.75) is 38.0 Å². The first-order chi connectivity index (χ1) is 10.7. The van der Waals surface area contributed by atoms with Crippen LogP contribution in [-0.4, -0.2) is 63.1 Å². The number of carbonyl (C=O) groups is 1. The van der Waals surface area contributed by atoms with Crippen LogP contribution in [-0.2, 0) is 17.7 Å². The molecule has 8 heteroatoms. The Labute approximate surface area is 128 Å². The predicted octanol–water partition coefficient (Wildman–Crippen LogP) is 0.464. The first-order valence-corrected chi connectivity index (χ1v) is 7.47. The number of nitrogens with one attached hydrogen (secondary N) is 1. The van der Waals surface area contributed by atoms with Gasteiger partial charge in [-0.25, -0.2) is 14.8 Å². The SMILES string of the molecule is O=C(O)N1CCc2cnc(NC3CCOC(CO)C3)nc2C1. The lowest BCUT2D eigenvalue weighted by molar-refractivity contribution is -0.0213. The maximum atomic E-state index is 11.1. The lowest BCUT2D eigenvalue weighted by Crippen LogP contribution is -2.37. The van der Waals surface area contributed by atoms with E-state index in [9.17, 15) is 4.79 Å². The molecule has 2 atom stereocenters. The highest BCUT2D eigenvalue weighted by molar-refractivity contribution is 5.65. The van der Waals surface area contributed by atoms with Gasteiger partial charge in [0.25, 0.3) is 0 Å². The Balaban J connectivity index is 1.68. The maximum Gasteiger partial charge on any atom is 0.407 e. The van der Waals surface area contributed by atoms with Gasteiger partial charge in [0.2, 0.25) is 5.95 Å². The molecule has 0 saturated carbocycles. The molecule has 1 fully saturated rings. The molecule has 3 rings (SSSR count). The van der Waals surface area contributed by atoms with Gasteiger partial charge in [-0.15, -0.1) is 0 Å². The molecule has 2 aliphatic rings. The van der Waals surface area contributed by atoms with Gasteiger partial charge in [0, 0.05) is 25.4 Å². The molecule has 0 radical (unpaired) electrons. The molecule has 0 aliphatic carbocycles. The van der Waals surface area contributed by atoms with Gasteiger partial charge in [-0.3, -0.25) is 0 Å². The topological polar surface area (TPSA) is 108 Å². The minimum absolute atomic E-state index is 0.0107. The van der Waals surface area contributed by atoms with E-state index in [4.69, 9.17) is 14.9 Å². The third kappa shape index (κ3) is 3.28. The van der Waals surface area contributed by atoms with Crippen molar-refractivity contribution in [1.82, 2.24) is 14.9 Å². The van der Waals surface area contributed by atoms with Gasteiger partial charge in [0.05, 0.1) is 24.9 Å². The van der Waals surface area contributed by atoms with E-state index < -0.39 is 6.09 Å². The van der Waals surface area contributed by atoms with Gasteiger partial charge in [0.15, 0.2) is 0 Å². The van der Waals surface area contributed by atoms with Crippen LogP contribution in [0.5, 0.6) is 0 Å². The van der Waals surface area contributed by atoms with Gasteiger partial charge in [0.1, 0.15) is 0 Å². The van der Waals surface area contributed by atoms with Crippen molar-refractivity contribution in [1.29, 1.82) is 0 Å². The highest BCUT2D eigenvalue weighted by Gasteiger charge is 2.24. The predicted molar refractivity (Wildman–Crippen MR) is 77.6 cm³/mol. The average molecular weight is 308 g/mol. The fourth-order valence-corrected chi connectivity index (χ4v) is 2.86. The molecular weight excluding hydrogens is 288 g/mol. The number of fused-ring (bicyclic) bond motifs is 1. The molecule has 1 aromatic heterocycles. The van der Waals surface area contributed by atoms with E-state index in [0.29, 0.717) is 38.5 Å². The number of anilines is 1. The summed E-state index contributed by atoms with van der Waals surface area (Å²) in [6, 6.07) is 0.156. The van der Waals surface area contributed by atoms with Crippen molar-refractivity contribution in [3.05, 3.63) is 17.5 Å². The summed E-state index contributed by atoms with van der Waals surface area (Å²) in [5.41, 5.74) is 1.76. The Kier molecular flexibility index (Phi) is 4.39. The number of aliphatic hydroxyl groups excluding tert-OH is 1. The van der Waals surface area contributed by atoms with Crippen LogP contribution >= 0.6 is 0 Å². The van der Waals surface area contributed by atoms with E-state index >= 15 is 0 Å². The first kappa shape index (κ1) is 15.0. The molecule has 1 saturated heterocycles. The Hall–Kier alpha value is -1.93. The van der Waals surface area contributed by atoms with Crippen LogP contribution < -0.4 is 5.32 Å². The molecule has 3 N–H and O–H groups in total. The summed E-state index contributed by atoms with van der Waals surface area (Å²) in [6.07, 6.45) is 2.88. The standard InChI is InChI=1S/C14H20N4O4/c19-8-11-5-10(2-4-22-11)16-13-15-6-9-1-3-18(14(20)21)7-12(9)17-13/h6,10-11,19H,1-5,7-8H2,(H,20,21)(H,15,16,17). The van der Waals surface area contributed by atoms with Gasteiger partial charge < -0.3 is 25.2 Å². The average Bonchev–Trinajstić information content (AvgIpc) is 2.54. The van der Waals surface area contributed by atoms with Crippen molar-refractivity contribution >= 4 is 12.0 Å². The Morgan fingerprint density at radius 3 is 3.18 bits per heavy atom. The Morgan fingerprint density at radius 2 is 2.41 bits per heavy atom. The summed E-state index contributed by atoms with van der Waals surface area (Å²) < 4.78 is 5.42. The molecule has 8 nitrogen and oxygen atoms in total. The number of hydrogen-bond acceptors (Lipinski definition) is 6. The lowest BCUT2D eigenvalue weighted by atomic mass is 10.0. The van der Waals surface area contributed by atoms with Crippen LogP contribution in [0.3, 0.4) is 0 Å². The summed E-state index contributed by atoms with van der Waals surface area (Å²) in [6.45, 7) is 1.39. The second-order valence-electron chi connectivity index (χ2n) is 5.66. The summed E-state index contributed by atoms with van der Waals surface area (Å²) in [5, 5.41) is 21.5. The lowest BCUT2D eigenvalue weighted by Gasteiger charge is -2.29. The minimum Gasteiger partial charge on any atom is -0.465 e. The largest absolute Gasteiger partial charge is 0.465 e. The zero-order valence-electron chi connectivity index (χ0n) is 12.2. The second-order valence-corrected chi connectivity index (χ2v) is 5.66. The zero-order valence-corrected chi connectivity index (χ0v) is 12.2. The quantitative estimate of drug-likeness (QED) is 0.744. The maximum absolute atomic E-state index is 11.1. The first-order valence-electron chi connectivity index (χ1n) is 7.47. The van der Waals surface area contributed by atoms with Crippen molar-refractivity contribution in [3.63, 3.8) is 0 Å². The fourth-order valence-electron chi connectivity index (χ4n) is 2.86. The van der Waals surface area contributed by atoms with Crippen molar-refractivity contribution in [3.8, 4) is 0 Å². The molecule has 0 aromatic carbocycles. The van der Waals surface area contributed by atoms with Crippen LogP contribution in [0.2, 0.25) is 0 Å². The van der Waals surface area contributed by atoms with Crippen LogP contribution in [0.1, 0.15) is 24.1 Å². The number of carboxylic acid groups (broad SMARTS) is 1. The number of hydrogen-bond donors (Lipinski definition) is 3. The van der Waals surface area contributed by atoms with Gasteiger partial charge in [-0.2, -0.15) is 0 Å².